The number of hydrogen-bond donors (Lipinski definition) is 1. The van der Waals surface area contributed by atoms with Gasteiger partial charge in [-0.05, 0) is 45.8 Å². The molecule has 0 saturated heterocycles. The van der Waals surface area contributed by atoms with Crippen LogP contribution in [0.25, 0.3) is 0 Å². The fraction of sp³-hybridized carbons (Fsp3) is 0.250. The highest BCUT2D eigenvalue weighted by atomic mass is 79.9. The van der Waals surface area contributed by atoms with Gasteiger partial charge in [-0.3, -0.25) is 0 Å². The first-order chi connectivity index (χ1) is 10.1. The van der Waals surface area contributed by atoms with Gasteiger partial charge >= 0.3 is 0 Å². The largest absolute Gasteiger partial charge is 0.497 e. The molecule has 2 aromatic rings. The van der Waals surface area contributed by atoms with Gasteiger partial charge in [0, 0.05) is 18.1 Å². The Labute approximate surface area is 130 Å². The summed E-state index contributed by atoms with van der Waals surface area (Å²) in [6.45, 7) is 0. The van der Waals surface area contributed by atoms with Crippen molar-refractivity contribution in [2.45, 2.75) is 18.6 Å². The van der Waals surface area contributed by atoms with Crippen molar-refractivity contribution in [3.63, 3.8) is 0 Å². The first-order valence-electron chi connectivity index (χ1n) is 6.56. The summed E-state index contributed by atoms with van der Waals surface area (Å²) in [4.78, 5) is 0. The minimum atomic E-state index is -0.642. The van der Waals surface area contributed by atoms with E-state index in [1.54, 1.807) is 37.4 Å². The summed E-state index contributed by atoms with van der Waals surface area (Å²) >= 11 is 3.13. The van der Waals surface area contributed by atoms with Crippen LogP contribution >= 0.6 is 15.9 Å². The van der Waals surface area contributed by atoms with Crippen molar-refractivity contribution in [3.8, 4) is 11.5 Å². The first-order valence-corrected chi connectivity index (χ1v) is 7.35. The molecule has 0 saturated carbocycles. The van der Waals surface area contributed by atoms with E-state index in [-0.39, 0.29) is 11.9 Å². The van der Waals surface area contributed by atoms with E-state index in [0.717, 1.165) is 5.56 Å². The zero-order valence-electron chi connectivity index (χ0n) is 11.3. The SMILES string of the molecule is COc1ccc2c(c1)OC(c1ccc(Br)c(F)c1)C[C@@H]2O. The van der Waals surface area contributed by atoms with E-state index < -0.39 is 6.10 Å². The summed E-state index contributed by atoms with van der Waals surface area (Å²) in [5.41, 5.74) is 1.42. The molecule has 110 valence electrons. The molecule has 21 heavy (non-hydrogen) atoms. The van der Waals surface area contributed by atoms with Crippen molar-refractivity contribution in [2.75, 3.05) is 7.11 Å². The highest BCUT2D eigenvalue weighted by molar-refractivity contribution is 9.10. The van der Waals surface area contributed by atoms with E-state index in [9.17, 15) is 9.50 Å². The van der Waals surface area contributed by atoms with Crippen molar-refractivity contribution in [1.29, 1.82) is 0 Å². The van der Waals surface area contributed by atoms with E-state index in [1.807, 2.05) is 0 Å². The molecule has 0 bridgehead atoms. The van der Waals surface area contributed by atoms with Crippen LogP contribution in [0.3, 0.4) is 0 Å². The fourth-order valence-electron chi connectivity index (χ4n) is 2.47. The molecule has 2 atom stereocenters. The molecule has 5 heteroatoms. The van der Waals surface area contributed by atoms with Gasteiger partial charge in [-0.2, -0.15) is 0 Å². The van der Waals surface area contributed by atoms with Crippen LogP contribution in [0.15, 0.2) is 40.9 Å². The van der Waals surface area contributed by atoms with Gasteiger partial charge < -0.3 is 14.6 Å². The molecule has 3 rings (SSSR count). The van der Waals surface area contributed by atoms with Gasteiger partial charge in [0.05, 0.1) is 17.7 Å². The number of fused-ring (bicyclic) bond motifs is 1. The molecule has 0 fully saturated rings. The third-order valence-corrected chi connectivity index (χ3v) is 4.24. The summed E-state index contributed by atoms with van der Waals surface area (Å²) < 4.78 is 25.1. The molecule has 0 aliphatic carbocycles. The quantitative estimate of drug-likeness (QED) is 0.882. The van der Waals surface area contributed by atoms with Crippen molar-refractivity contribution in [1.82, 2.24) is 0 Å². The minimum Gasteiger partial charge on any atom is -0.497 e. The first kappa shape index (κ1) is 14.4. The molecule has 3 nitrogen and oxygen atoms in total. The van der Waals surface area contributed by atoms with Crippen LogP contribution in [0.2, 0.25) is 0 Å². The maximum atomic E-state index is 13.7. The lowest BCUT2D eigenvalue weighted by molar-refractivity contribution is 0.0653. The number of rotatable bonds is 2. The second-order valence-corrected chi connectivity index (χ2v) is 5.79. The van der Waals surface area contributed by atoms with E-state index >= 15 is 0 Å². The summed E-state index contributed by atoms with van der Waals surface area (Å²) in [7, 11) is 1.57. The Hall–Kier alpha value is -1.59. The highest BCUT2D eigenvalue weighted by Crippen LogP contribution is 2.42. The molecule has 2 aromatic carbocycles. The van der Waals surface area contributed by atoms with Gasteiger partial charge in [-0.25, -0.2) is 4.39 Å². The van der Waals surface area contributed by atoms with E-state index in [1.165, 1.54) is 6.07 Å². The van der Waals surface area contributed by atoms with Gasteiger partial charge in [0.1, 0.15) is 23.4 Å². The Kier molecular flexibility index (Phi) is 3.87. The van der Waals surface area contributed by atoms with Gasteiger partial charge in [0.15, 0.2) is 0 Å². The average Bonchev–Trinajstić information content (AvgIpc) is 2.49. The molecule has 1 unspecified atom stereocenters. The number of halogens is 2. The molecule has 1 heterocycles. The van der Waals surface area contributed by atoms with Crippen LogP contribution in [0.4, 0.5) is 4.39 Å². The number of aliphatic hydroxyl groups is 1. The van der Waals surface area contributed by atoms with E-state index in [0.29, 0.717) is 28.0 Å². The third kappa shape index (κ3) is 2.76. The molecule has 0 aromatic heterocycles. The maximum absolute atomic E-state index is 13.7. The predicted molar refractivity (Wildman–Crippen MR) is 80.0 cm³/mol. The topological polar surface area (TPSA) is 38.7 Å². The van der Waals surface area contributed by atoms with E-state index in [2.05, 4.69) is 15.9 Å². The Morgan fingerprint density at radius 1 is 1.29 bits per heavy atom. The van der Waals surface area contributed by atoms with Gasteiger partial charge in [-0.15, -0.1) is 0 Å². The van der Waals surface area contributed by atoms with E-state index in [4.69, 9.17) is 9.47 Å². The van der Waals surface area contributed by atoms with Crippen LogP contribution in [-0.2, 0) is 0 Å². The maximum Gasteiger partial charge on any atom is 0.137 e. The number of ether oxygens (including phenoxy) is 2. The zero-order valence-corrected chi connectivity index (χ0v) is 12.9. The van der Waals surface area contributed by atoms with Crippen LogP contribution in [0.5, 0.6) is 11.5 Å². The van der Waals surface area contributed by atoms with Crippen molar-refractivity contribution >= 4 is 15.9 Å². The van der Waals surface area contributed by atoms with Crippen LogP contribution in [-0.4, -0.2) is 12.2 Å². The molecule has 1 aliphatic heterocycles. The standard InChI is InChI=1S/C16H14BrFO3/c1-20-10-3-4-11-14(19)8-15(21-16(11)7-10)9-2-5-12(17)13(18)6-9/h2-7,14-15,19H,8H2,1H3/t14-,15?/m0/s1. The van der Waals surface area contributed by atoms with Gasteiger partial charge in [-0.1, -0.05) is 6.07 Å². The monoisotopic (exact) mass is 352 g/mol. The smallest absolute Gasteiger partial charge is 0.137 e. The summed E-state index contributed by atoms with van der Waals surface area (Å²) in [5.74, 6) is 0.882. The number of benzene rings is 2. The lowest BCUT2D eigenvalue weighted by atomic mass is 9.95. The summed E-state index contributed by atoms with van der Waals surface area (Å²) in [5, 5.41) is 10.3. The van der Waals surface area contributed by atoms with Crippen LogP contribution in [0.1, 0.15) is 29.8 Å². The third-order valence-electron chi connectivity index (χ3n) is 3.60. The van der Waals surface area contributed by atoms with Gasteiger partial charge in [0.25, 0.3) is 0 Å². The second-order valence-electron chi connectivity index (χ2n) is 4.94. The lowest BCUT2D eigenvalue weighted by Crippen LogP contribution is -2.19. The number of hydrogen-bond acceptors (Lipinski definition) is 3. The fourth-order valence-corrected chi connectivity index (χ4v) is 2.71. The molecular weight excluding hydrogens is 339 g/mol. The molecule has 0 spiro atoms. The van der Waals surface area contributed by atoms with Crippen molar-refractivity contribution in [3.05, 3.63) is 57.8 Å². The number of aliphatic hydroxyl groups excluding tert-OH is 1. The highest BCUT2D eigenvalue weighted by Gasteiger charge is 2.28. The summed E-state index contributed by atoms with van der Waals surface area (Å²) in [6.07, 6.45) is -0.640. The molecular formula is C16H14BrFO3. The van der Waals surface area contributed by atoms with Gasteiger partial charge in [0.2, 0.25) is 0 Å². The average molecular weight is 353 g/mol. The lowest BCUT2D eigenvalue weighted by Gasteiger charge is -2.30. The Morgan fingerprint density at radius 2 is 2.10 bits per heavy atom. The van der Waals surface area contributed by atoms with Crippen LogP contribution in [0, 0.1) is 5.82 Å². The Morgan fingerprint density at radius 3 is 2.81 bits per heavy atom. The Bertz CT molecular complexity index is 675. The minimum absolute atomic E-state index is 0.345. The van der Waals surface area contributed by atoms with Crippen LogP contribution < -0.4 is 9.47 Å². The van der Waals surface area contributed by atoms with Crippen molar-refractivity contribution in [2.24, 2.45) is 0 Å². The zero-order chi connectivity index (χ0) is 15.0. The second kappa shape index (κ2) is 5.66. The Balaban J connectivity index is 1.94. The predicted octanol–water partition coefficient (Wildman–Crippen LogP) is 4.15. The summed E-state index contributed by atoms with van der Waals surface area (Å²) in [6, 6.07) is 10.2. The molecule has 1 N–H and O–H groups in total. The molecule has 1 aliphatic rings. The molecule has 0 amide bonds. The normalized spacial score (nSPS) is 20.6. The number of methoxy groups -OCH3 is 1. The van der Waals surface area contributed by atoms with Crippen molar-refractivity contribution < 1.29 is 19.0 Å². The molecule has 0 radical (unpaired) electrons.